The molecule has 0 spiro atoms. The maximum atomic E-state index is 13.5. The molecule has 0 unspecified atom stereocenters. The van der Waals surface area contributed by atoms with Gasteiger partial charge in [0.1, 0.15) is 5.82 Å². The summed E-state index contributed by atoms with van der Waals surface area (Å²) in [4.78, 5) is 0. The first kappa shape index (κ1) is 18.2. The second kappa shape index (κ2) is 7.70. The molecule has 110 valence electrons. The third-order valence-electron chi connectivity index (χ3n) is 2.84. The molecule has 0 radical (unpaired) electrons. The van der Waals surface area contributed by atoms with Crippen LogP contribution in [0, 0.1) is 5.82 Å². The minimum absolute atomic E-state index is 0. The van der Waals surface area contributed by atoms with Gasteiger partial charge in [0.2, 0.25) is 0 Å². The zero-order chi connectivity index (χ0) is 13.8. The van der Waals surface area contributed by atoms with Crippen molar-refractivity contribution in [2.24, 2.45) is 5.73 Å². The van der Waals surface area contributed by atoms with Crippen LogP contribution in [0.5, 0.6) is 0 Å². The molecule has 0 saturated heterocycles. The van der Waals surface area contributed by atoms with Gasteiger partial charge in [0, 0.05) is 11.6 Å². The minimum Gasteiger partial charge on any atom is -0.324 e. The Morgan fingerprint density at radius 1 is 1.21 bits per heavy atom. The minimum atomic E-state index is -4.47. The molecule has 0 aliphatic carbocycles. The van der Waals surface area contributed by atoms with Crippen LogP contribution in [0.3, 0.4) is 0 Å². The van der Waals surface area contributed by atoms with Gasteiger partial charge in [0.05, 0.1) is 5.56 Å². The number of alkyl halides is 3. The number of hydrogen-bond acceptors (Lipinski definition) is 1. The molecule has 19 heavy (non-hydrogen) atoms. The first-order valence-electron chi connectivity index (χ1n) is 5.98. The molecule has 0 saturated carbocycles. The summed E-state index contributed by atoms with van der Waals surface area (Å²) in [6.45, 7) is 2.01. The fourth-order valence-corrected chi connectivity index (χ4v) is 1.77. The zero-order valence-electron chi connectivity index (χ0n) is 10.6. The number of hydrogen-bond donors (Lipinski definition) is 1. The Hall–Kier alpha value is -0.810. The van der Waals surface area contributed by atoms with E-state index in [9.17, 15) is 17.6 Å². The lowest BCUT2D eigenvalue weighted by Crippen LogP contribution is -2.14. The fourth-order valence-electron chi connectivity index (χ4n) is 1.77. The molecular formula is C13H18ClF4N. The lowest BCUT2D eigenvalue weighted by atomic mass is 9.98. The van der Waals surface area contributed by atoms with Crippen molar-refractivity contribution in [3.8, 4) is 0 Å². The van der Waals surface area contributed by atoms with Gasteiger partial charge in [-0.05, 0) is 24.6 Å². The van der Waals surface area contributed by atoms with Gasteiger partial charge in [0.15, 0.2) is 0 Å². The van der Waals surface area contributed by atoms with Gasteiger partial charge in [0.25, 0.3) is 0 Å². The van der Waals surface area contributed by atoms with E-state index >= 15 is 0 Å². The van der Waals surface area contributed by atoms with Crippen LogP contribution in [0.25, 0.3) is 0 Å². The number of benzene rings is 1. The number of rotatable bonds is 5. The second-order valence-corrected chi connectivity index (χ2v) is 4.34. The Balaban J connectivity index is 0.00000324. The van der Waals surface area contributed by atoms with Crippen molar-refractivity contribution >= 4 is 12.4 Å². The highest BCUT2D eigenvalue weighted by Crippen LogP contribution is 2.32. The number of halogens is 5. The van der Waals surface area contributed by atoms with Gasteiger partial charge in [-0.25, -0.2) is 4.39 Å². The van der Waals surface area contributed by atoms with Crippen LogP contribution in [-0.4, -0.2) is 0 Å². The predicted octanol–water partition coefficient (Wildman–Crippen LogP) is 4.85. The number of unbranched alkanes of at least 4 members (excludes halogenated alkanes) is 2. The van der Waals surface area contributed by atoms with E-state index in [-0.39, 0.29) is 18.0 Å². The fraction of sp³-hybridized carbons (Fsp3) is 0.538. The SMILES string of the molecule is CCCCC[C@H](N)c1cc(C(F)(F)F)ccc1F.Cl. The molecule has 0 aliphatic heterocycles. The summed E-state index contributed by atoms with van der Waals surface area (Å²) in [5, 5.41) is 0. The van der Waals surface area contributed by atoms with E-state index in [0.717, 1.165) is 37.5 Å². The van der Waals surface area contributed by atoms with Crippen molar-refractivity contribution < 1.29 is 17.6 Å². The van der Waals surface area contributed by atoms with Crippen molar-refractivity contribution in [2.45, 2.75) is 44.8 Å². The molecule has 2 N–H and O–H groups in total. The van der Waals surface area contributed by atoms with Gasteiger partial charge >= 0.3 is 6.18 Å². The Morgan fingerprint density at radius 2 is 1.84 bits per heavy atom. The molecule has 0 aromatic heterocycles. The van der Waals surface area contributed by atoms with Gasteiger partial charge in [-0.3, -0.25) is 0 Å². The van der Waals surface area contributed by atoms with Crippen molar-refractivity contribution in [1.29, 1.82) is 0 Å². The monoisotopic (exact) mass is 299 g/mol. The van der Waals surface area contributed by atoms with Gasteiger partial charge in [-0.2, -0.15) is 13.2 Å². The van der Waals surface area contributed by atoms with Crippen molar-refractivity contribution in [1.82, 2.24) is 0 Å². The van der Waals surface area contributed by atoms with E-state index in [2.05, 4.69) is 0 Å². The van der Waals surface area contributed by atoms with Crippen LogP contribution in [-0.2, 0) is 6.18 Å². The van der Waals surface area contributed by atoms with E-state index in [0.29, 0.717) is 6.42 Å². The van der Waals surface area contributed by atoms with Gasteiger partial charge in [-0.15, -0.1) is 12.4 Å². The summed E-state index contributed by atoms with van der Waals surface area (Å²) < 4.78 is 51.0. The predicted molar refractivity (Wildman–Crippen MR) is 69.7 cm³/mol. The molecule has 0 amide bonds. The molecule has 1 aromatic rings. The van der Waals surface area contributed by atoms with E-state index in [1.165, 1.54) is 0 Å². The Kier molecular flexibility index (Phi) is 7.37. The zero-order valence-corrected chi connectivity index (χ0v) is 11.5. The first-order valence-corrected chi connectivity index (χ1v) is 5.98. The first-order chi connectivity index (χ1) is 8.36. The molecule has 1 nitrogen and oxygen atoms in total. The van der Waals surface area contributed by atoms with E-state index < -0.39 is 23.6 Å². The maximum absolute atomic E-state index is 13.5. The van der Waals surface area contributed by atoms with Crippen LogP contribution in [0.15, 0.2) is 18.2 Å². The Bertz CT molecular complexity index is 393. The summed E-state index contributed by atoms with van der Waals surface area (Å²) in [6.07, 6.45) is -1.27. The van der Waals surface area contributed by atoms with Crippen LogP contribution < -0.4 is 5.73 Å². The smallest absolute Gasteiger partial charge is 0.324 e. The molecule has 0 heterocycles. The normalized spacial score (nSPS) is 12.9. The Labute approximate surface area is 116 Å². The quantitative estimate of drug-likeness (QED) is 0.610. The third-order valence-corrected chi connectivity index (χ3v) is 2.84. The maximum Gasteiger partial charge on any atom is 0.416 e. The van der Waals surface area contributed by atoms with Gasteiger partial charge < -0.3 is 5.73 Å². The van der Waals surface area contributed by atoms with Gasteiger partial charge in [-0.1, -0.05) is 26.2 Å². The van der Waals surface area contributed by atoms with E-state index in [4.69, 9.17) is 5.73 Å². The average molecular weight is 300 g/mol. The summed E-state index contributed by atoms with van der Waals surface area (Å²) >= 11 is 0. The third kappa shape index (κ3) is 5.37. The van der Waals surface area contributed by atoms with Crippen molar-refractivity contribution in [2.75, 3.05) is 0 Å². The standard InChI is InChI=1S/C13H17F4N.ClH/c1-2-3-4-5-12(18)10-8-9(13(15,16)17)6-7-11(10)14;/h6-8,12H,2-5,18H2,1H3;1H/t12-;/m0./s1. The van der Waals surface area contributed by atoms with E-state index in [1.807, 2.05) is 6.92 Å². The highest BCUT2D eigenvalue weighted by molar-refractivity contribution is 5.85. The molecule has 1 atom stereocenters. The molecule has 0 aliphatic rings. The summed E-state index contributed by atoms with van der Waals surface area (Å²) in [7, 11) is 0. The lowest BCUT2D eigenvalue weighted by molar-refractivity contribution is -0.137. The highest BCUT2D eigenvalue weighted by Gasteiger charge is 2.31. The largest absolute Gasteiger partial charge is 0.416 e. The van der Waals surface area contributed by atoms with Crippen LogP contribution in [0.1, 0.15) is 49.8 Å². The molecule has 0 fully saturated rings. The van der Waals surface area contributed by atoms with Crippen LogP contribution in [0.2, 0.25) is 0 Å². The van der Waals surface area contributed by atoms with Crippen molar-refractivity contribution in [3.63, 3.8) is 0 Å². The molecular weight excluding hydrogens is 282 g/mol. The Morgan fingerprint density at radius 3 is 2.37 bits per heavy atom. The molecule has 1 rings (SSSR count). The number of nitrogens with two attached hydrogens (primary N) is 1. The topological polar surface area (TPSA) is 26.0 Å². The summed E-state index contributed by atoms with van der Waals surface area (Å²) in [6, 6.07) is 1.69. The van der Waals surface area contributed by atoms with Crippen LogP contribution in [0.4, 0.5) is 17.6 Å². The molecule has 1 aromatic carbocycles. The van der Waals surface area contributed by atoms with Crippen LogP contribution >= 0.6 is 12.4 Å². The van der Waals surface area contributed by atoms with E-state index in [1.54, 1.807) is 0 Å². The average Bonchev–Trinajstić information content (AvgIpc) is 2.28. The van der Waals surface area contributed by atoms with Crippen molar-refractivity contribution in [3.05, 3.63) is 35.1 Å². The summed E-state index contributed by atoms with van der Waals surface area (Å²) in [5.41, 5.74) is 4.83. The lowest BCUT2D eigenvalue weighted by Gasteiger charge is -2.15. The second-order valence-electron chi connectivity index (χ2n) is 4.34. The molecule has 6 heteroatoms. The molecule has 0 bridgehead atoms. The summed E-state index contributed by atoms with van der Waals surface area (Å²) in [5.74, 6) is -0.674. The highest BCUT2D eigenvalue weighted by atomic mass is 35.5.